The number of carbonyl (C=O) groups is 1. The fourth-order valence-electron chi connectivity index (χ4n) is 3.56. The molecule has 0 aromatic heterocycles. The molecule has 3 aromatic rings. The Morgan fingerprint density at radius 3 is 2.09 bits per heavy atom. The number of methoxy groups -OCH3 is 1. The van der Waals surface area contributed by atoms with Gasteiger partial charge in [-0.2, -0.15) is 0 Å². The molecule has 6 nitrogen and oxygen atoms in total. The van der Waals surface area contributed by atoms with E-state index in [1.807, 2.05) is 45.0 Å². The average Bonchev–Trinajstić information content (AvgIpc) is 2.82. The summed E-state index contributed by atoms with van der Waals surface area (Å²) in [5.74, 6) is -0.0319. The summed E-state index contributed by atoms with van der Waals surface area (Å²) in [5.41, 5.74) is 3.35. The number of hydrogen-bond donors (Lipinski definition) is 1. The highest BCUT2D eigenvalue weighted by Crippen LogP contribution is 2.32. The molecule has 1 unspecified atom stereocenters. The van der Waals surface area contributed by atoms with Crippen LogP contribution in [-0.2, 0) is 14.8 Å². The average molecular weight is 467 g/mol. The van der Waals surface area contributed by atoms with Crippen molar-refractivity contribution in [1.82, 2.24) is 5.32 Å². The summed E-state index contributed by atoms with van der Waals surface area (Å²) in [6, 6.07) is 21.1. The van der Waals surface area contributed by atoms with Crippen LogP contribution in [0.5, 0.6) is 5.75 Å². The highest BCUT2D eigenvalue weighted by molar-refractivity contribution is 7.92. The topological polar surface area (TPSA) is 75.7 Å². The number of nitrogens with zero attached hydrogens (tertiary/aromatic N) is 1. The van der Waals surface area contributed by atoms with Crippen LogP contribution >= 0.6 is 0 Å². The minimum atomic E-state index is -4.02. The number of anilines is 1. The van der Waals surface area contributed by atoms with Crippen LogP contribution in [0.4, 0.5) is 5.69 Å². The number of ether oxygens (including phenoxy) is 1. The molecule has 0 fully saturated rings. The Morgan fingerprint density at radius 2 is 1.52 bits per heavy atom. The molecule has 0 radical (unpaired) electrons. The molecule has 3 rings (SSSR count). The normalized spacial score (nSPS) is 12.1. The van der Waals surface area contributed by atoms with Crippen LogP contribution in [-0.4, -0.2) is 28.0 Å². The van der Waals surface area contributed by atoms with Gasteiger partial charge in [0.2, 0.25) is 5.91 Å². The van der Waals surface area contributed by atoms with Crippen LogP contribution in [0, 0.1) is 13.8 Å². The molecular formula is C26H30N2O4S. The zero-order valence-corrected chi connectivity index (χ0v) is 20.2. The van der Waals surface area contributed by atoms with Crippen LogP contribution in [0.2, 0.25) is 0 Å². The van der Waals surface area contributed by atoms with E-state index in [-0.39, 0.29) is 17.5 Å². The summed E-state index contributed by atoms with van der Waals surface area (Å²) in [7, 11) is -2.55. The third-order valence-corrected chi connectivity index (χ3v) is 7.25. The predicted octanol–water partition coefficient (Wildman–Crippen LogP) is 4.77. The molecule has 1 atom stereocenters. The minimum Gasteiger partial charge on any atom is -0.495 e. The first-order chi connectivity index (χ1) is 15.8. The van der Waals surface area contributed by atoms with Gasteiger partial charge in [-0.3, -0.25) is 9.10 Å². The predicted molar refractivity (Wildman–Crippen MR) is 131 cm³/mol. The van der Waals surface area contributed by atoms with E-state index in [1.54, 1.807) is 48.5 Å². The standard InChI is InChI=1S/C26H30N2O4S/c1-5-23(21-14-10-19(2)11-15-21)27-26(29)18-28(24-8-6-7-9-25(24)32-4)33(30,31)22-16-12-20(3)13-17-22/h6-17,23H,5,18H2,1-4H3,(H,27,29). The van der Waals surface area contributed by atoms with Crippen LogP contribution in [0.15, 0.2) is 77.7 Å². The van der Waals surface area contributed by atoms with Gasteiger partial charge < -0.3 is 10.1 Å². The lowest BCUT2D eigenvalue weighted by molar-refractivity contribution is -0.120. The van der Waals surface area contributed by atoms with Crippen molar-refractivity contribution in [3.63, 3.8) is 0 Å². The summed E-state index contributed by atoms with van der Waals surface area (Å²) in [6.07, 6.45) is 0.675. The Bertz CT molecular complexity index is 1190. The lowest BCUT2D eigenvalue weighted by Crippen LogP contribution is -2.42. The molecule has 0 aliphatic heterocycles. The zero-order valence-electron chi connectivity index (χ0n) is 19.4. The molecule has 3 aromatic carbocycles. The van der Waals surface area contributed by atoms with Crippen LogP contribution < -0.4 is 14.4 Å². The SMILES string of the molecule is CCC(NC(=O)CN(c1ccccc1OC)S(=O)(=O)c1ccc(C)cc1)c1ccc(C)cc1. The van der Waals surface area contributed by atoms with E-state index in [0.29, 0.717) is 17.9 Å². The number of hydrogen-bond acceptors (Lipinski definition) is 4. The Morgan fingerprint density at radius 1 is 0.939 bits per heavy atom. The van der Waals surface area contributed by atoms with Crippen LogP contribution in [0.25, 0.3) is 0 Å². The molecule has 1 N–H and O–H groups in total. The monoisotopic (exact) mass is 466 g/mol. The van der Waals surface area contributed by atoms with Gasteiger partial charge >= 0.3 is 0 Å². The number of aryl methyl sites for hydroxylation is 2. The number of para-hydroxylation sites is 2. The van der Waals surface area contributed by atoms with Crippen molar-refractivity contribution in [2.75, 3.05) is 18.0 Å². The third-order valence-electron chi connectivity index (χ3n) is 5.47. The van der Waals surface area contributed by atoms with Gasteiger partial charge in [-0.05, 0) is 50.1 Å². The van der Waals surface area contributed by atoms with Crippen LogP contribution in [0.3, 0.4) is 0 Å². The van der Waals surface area contributed by atoms with E-state index < -0.39 is 15.9 Å². The van der Waals surface area contributed by atoms with Crippen molar-refractivity contribution >= 4 is 21.6 Å². The van der Waals surface area contributed by atoms with Crippen molar-refractivity contribution in [2.45, 2.75) is 38.1 Å². The lowest BCUT2D eigenvalue weighted by Gasteiger charge is -2.27. The van der Waals surface area contributed by atoms with Crippen LogP contribution in [0.1, 0.15) is 36.1 Å². The second-order valence-electron chi connectivity index (χ2n) is 7.94. The Kier molecular flexibility index (Phi) is 7.76. The molecule has 7 heteroatoms. The van der Waals surface area contributed by atoms with Gasteiger partial charge in [0.05, 0.1) is 23.7 Å². The maximum absolute atomic E-state index is 13.6. The number of rotatable bonds is 9. The number of sulfonamides is 1. The summed E-state index contributed by atoms with van der Waals surface area (Å²) >= 11 is 0. The van der Waals surface area contributed by atoms with Crippen molar-refractivity contribution in [3.8, 4) is 5.75 Å². The number of carbonyl (C=O) groups excluding carboxylic acids is 1. The molecule has 0 saturated carbocycles. The molecule has 33 heavy (non-hydrogen) atoms. The Labute approximate surface area is 196 Å². The summed E-state index contributed by atoms with van der Waals surface area (Å²) < 4.78 is 33.7. The van der Waals surface area contributed by atoms with Crippen molar-refractivity contribution < 1.29 is 17.9 Å². The molecule has 0 bridgehead atoms. The van der Waals surface area contributed by atoms with E-state index in [9.17, 15) is 13.2 Å². The quantitative estimate of drug-likeness (QED) is 0.493. The van der Waals surface area contributed by atoms with Gasteiger partial charge in [-0.25, -0.2) is 8.42 Å². The Hall–Kier alpha value is -3.32. The first-order valence-corrected chi connectivity index (χ1v) is 12.3. The van der Waals surface area contributed by atoms with E-state index in [0.717, 1.165) is 21.0 Å². The fourth-order valence-corrected chi connectivity index (χ4v) is 4.99. The largest absolute Gasteiger partial charge is 0.495 e. The van der Waals surface area contributed by atoms with Crippen molar-refractivity contribution in [3.05, 3.63) is 89.5 Å². The minimum absolute atomic E-state index is 0.109. The van der Waals surface area contributed by atoms with Gasteiger partial charge in [-0.1, -0.05) is 66.6 Å². The highest BCUT2D eigenvalue weighted by atomic mass is 32.2. The summed E-state index contributed by atoms with van der Waals surface area (Å²) in [5, 5.41) is 2.99. The summed E-state index contributed by atoms with van der Waals surface area (Å²) in [6.45, 7) is 5.49. The lowest BCUT2D eigenvalue weighted by atomic mass is 10.0. The van der Waals surface area contributed by atoms with E-state index in [4.69, 9.17) is 4.74 Å². The maximum Gasteiger partial charge on any atom is 0.264 e. The van der Waals surface area contributed by atoms with Gasteiger partial charge in [0.25, 0.3) is 10.0 Å². The van der Waals surface area contributed by atoms with Gasteiger partial charge in [0.15, 0.2) is 0 Å². The first-order valence-electron chi connectivity index (χ1n) is 10.8. The second kappa shape index (κ2) is 10.5. The fraction of sp³-hybridized carbons (Fsp3) is 0.269. The second-order valence-corrected chi connectivity index (χ2v) is 9.80. The molecule has 0 heterocycles. The number of amides is 1. The highest BCUT2D eigenvalue weighted by Gasteiger charge is 2.30. The molecule has 0 spiro atoms. The maximum atomic E-state index is 13.6. The van der Waals surface area contributed by atoms with E-state index in [2.05, 4.69) is 5.32 Å². The van der Waals surface area contributed by atoms with Crippen molar-refractivity contribution in [2.24, 2.45) is 0 Å². The number of benzene rings is 3. The zero-order chi connectivity index (χ0) is 24.0. The van der Waals surface area contributed by atoms with Gasteiger partial charge in [0, 0.05) is 0 Å². The molecular weight excluding hydrogens is 436 g/mol. The first kappa shape index (κ1) is 24.3. The van der Waals surface area contributed by atoms with Crippen molar-refractivity contribution in [1.29, 1.82) is 0 Å². The molecule has 0 aliphatic rings. The molecule has 0 aliphatic carbocycles. The van der Waals surface area contributed by atoms with Gasteiger partial charge in [0.1, 0.15) is 12.3 Å². The van der Waals surface area contributed by atoms with E-state index >= 15 is 0 Å². The molecule has 174 valence electrons. The van der Waals surface area contributed by atoms with Gasteiger partial charge in [-0.15, -0.1) is 0 Å². The number of nitrogens with one attached hydrogen (secondary N) is 1. The third kappa shape index (κ3) is 5.73. The Balaban J connectivity index is 1.95. The molecule has 0 saturated heterocycles. The van der Waals surface area contributed by atoms with E-state index in [1.165, 1.54) is 7.11 Å². The molecule has 1 amide bonds. The summed E-state index contributed by atoms with van der Waals surface area (Å²) in [4.78, 5) is 13.2. The smallest absolute Gasteiger partial charge is 0.264 e.